The zero-order valence-corrected chi connectivity index (χ0v) is 28.6. The van der Waals surface area contributed by atoms with Crippen LogP contribution in [0.25, 0.3) is 86.6 Å². The molecule has 4 nitrogen and oxygen atoms in total. The number of hydrogen-bond donors (Lipinski definition) is 0. The molecule has 244 valence electrons. The molecule has 11 aromatic rings. The maximum Gasteiger partial charge on any atom is 0.228 e. The Balaban J connectivity index is 1.15. The highest BCUT2D eigenvalue weighted by Gasteiger charge is 2.22. The summed E-state index contributed by atoms with van der Waals surface area (Å²) in [6.07, 6.45) is 0. The lowest BCUT2D eigenvalue weighted by molar-refractivity contribution is 0.620. The average molecular weight is 685 g/mol. The van der Waals surface area contributed by atoms with Crippen LogP contribution in [0.3, 0.4) is 0 Å². The number of thiophene rings is 1. The van der Waals surface area contributed by atoms with E-state index in [2.05, 4.69) is 138 Å². The summed E-state index contributed by atoms with van der Waals surface area (Å²) in [6, 6.07) is 59.8. The molecule has 0 aliphatic carbocycles. The highest BCUT2D eigenvalue weighted by molar-refractivity contribution is 7.26. The summed E-state index contributed by atoms with van der Waals surface area (Å²) in [4.78, 5) is 7.21. The number of nitrogens with zero attached hydrogens (tertiary/aromatic N) is 2. The molecule has 3 aromatic heterocycles. The molecule has 11 rings (SSSR count). The predicted molar refractivity (Wildman–Crippen MR) is 217 cm³/mol. The smallest absolute Gasteiger partial charge is 0.228 e. The van der Waals surface area contributed by atoms with Gasteiger partial charge in [0, 0.05) is 49.2 Å². The van der Waals surface area contributed by atoms with Crippen molar-refractivity contribution in [2.24, 2.45) is 0 Å². The topological polar surface area (TPSA) is 42.4 Å². The number of furan rings is 1. The van der Waals surface area contributed by atoms with Gasteiger partial charge in [-0.05, 0) is 82.6 Å². The Morgan fingerprint density at radius 2 is 1.23 bits per heavy atom. The Bertz CT molecular complexity index is 3120. The minimum absolute atomic E-state index is 0.585. The van der Waals surface area contributed by atoms with Crippen molar-refractivity contribution in [2.45, 2.75) is 0 Å². The van der Waals surface area contributed by atoms with Crippen molar-refractivity contribution >= 4 is 92.4 Å². The minimum Gasteiger partial charge on any atom is -0.456 e. The first-order chi connectivity index (χ1) is 25.8. The summed E-state index contributed by atoms with van der Waals surface area (Å²) >= 11 is 1.84. The molecular weight excluding hydrogens is 657 g/mol. The summed E-state index contributed by atoms with van der Waals surface area (Å²) in [7, 11) is 0. The van der Waals surface area contributed by atoms with Crippen molar-refractivity contribution in [3.8, 4) is 22.6 Å². The SMILES string of the molecule is c1ccc(-c2cccc3ccc(N(c4ccc5c(c4)oc4cccc(-c6nc7ccccc7o6)c45)c4cccc5c4sc4ccccc45)cc23)cc1. The lowest BCUT2D eigenvalue weighted by Crippen LogP contribution is -2.10. The molecule has 3 heterocycles. The second-order valence-electron chi connectivity index (χ2n) is 13.1. The van der Waals surface area contributed by atoms with Gasteiger partial charge >= 0.3 is 0 Å². The zero-order valence-electron chi connectivity index (χ0n) is 27.8. The van der Waals surface area contributed by atoms with Gasteiger partial charge in [0.25, 0.3) is 0 Å². The van der Waals surface area contributed by atoms with Crippen LogP contribution in [0.15, 0.2) is 179 Å². The van der Waals surface area contributed by atoms with E-state index in [0.717, 1.165) is 55.7 Å². The lowest BCUT2D eigenvalue weighted by Gasteiger charge is -2.26. The van der Waals surface area contributed by atoms with Crippen LogP contribution in [0, 0.1) is 0 Å². The van der Waals surface area contributed by atoms with Crippen molar-refractivity contribution in [2.75, 3.05) is 4.90 Å². The first kappa shape index (κ1) is 29.1. The summed E-state index contributed by atoms with van der Waals surface area (Å²) in [6.45, 7) is 0. The minimum atomic E-state index is 0.585. The van der Waals surface area contributed by atoms with Gasteiger partial charge in [0.05, 0.1) is 10.4 Å². The number of anilines is 3. The van der Waals surface area contributed by atoms with Crippen LogP contribution in [0.2, 0.25) is 0 Å². The summed E-state index contributed by atoms with van der Waals surface area (Å²) < 4.78 is 15.4. The normalized spacial score (nSPS) is 11.8. The number of oxazole rings is 1. The Morgan fingerprint density at radius 1 is 0.481 bits per heavy atom. The average Bonchev–Trinajstić information content (AvgIpc) is 3.92. The van der Waals surface area contributed by atoms with E-state index in [1.54, 1.807) is 0 Å². The van der Waals surface area contributed by atoms with Crippen LogP contribution >= 0.6 is 11.3 Å². The summed E-state index contributed by atoms with van der Waals surface area (Å²) in [5.41, 5.74) is 9.72. The van der Waals surface area contributed by atoms with Crippen molar-refractivity contribution in [3.05, 3.63) is 170 Å². The molecule has 0 radical (unpaired) electrons. The van der Waals surface area contributed by atoms with Crippen molar-refractivity contribution < 1.29 is 8.83 Å². The van der Waals surface area contributed by atoms with Crippen molar-refractivity contribution in [1.29, 1.82) is 0 Å². The van der Waals surface area contributed by atoms with E-state index in [-0.39, 0.29) is 0 Å². The third kappa shape index (κ3) is 4.50. The van der Waals surface area contributed by atoms with E-state index < -0.39 is 0 Å². The number of hydrogen-bond acceptors (Lipinski definition) is 5. The highest BCUT2D eigenvalue weighted by Crippen LogP contribution is 2.47. The molecule has 0 spiro atoms. The molecule has 0 aliphatic rings. The van der Waals surface area contributed by atoms with Crippen LogP contribution in [-0.4, -0.2) is 4.98 Å². The maximum atomic E-state index is 6.64. The van der Waals surface area contributed by atoms with Gasteiger partial charge in [-0.15, -0.1) is 11.3 Å². The van der Waals surface area contributed by atoms with Gasteiger partial charge in [0.1, 0.15) is 16.7 Å². The quantitative estimate of drug-likeness (QED) is 0.181. The molecule has 0 amide bonds. The van der Waals surface area contributed by atoms with Crippen molar-refractivity contribution in [3.63, 3.8) is 0 Å². The van der Waals surface area contributed by atoms with E-state index in [9.17, 15) is 0 Å². The molecule has 8 aromatic carbocycles. The summed E-state index contributed by atoms with van der Waals surface area (Å²) in [5, 5.41) is 6.93. The molecule has 0 fully saturated rings. The molecule has 0 aliphatic heterocycles. The Labute approximate surface area is 302 Å². The van der Waals surface area contributed by atoms with Gasteiger partial charge in [-0.25, -0.2) is 4.98 Å². The predicted octanol–water partition coefficient (Wildman–Crippen LogP) is 14.1. The largest absolute Gasteiger partial charge is 0.456 e. The number of aromatic nitrogens is 1. The third-order valence-corrected chi connectivity index (χ3v) is 11.3. The summed E-state index contributed by atoms with van der Waals surface area (Å²) in [5.74, 6) is 0.585. The molecule has 0 unspecified atom stereocenters. The second kappa shape index (κ2) is 11.4. The van der Waals surface area contributed by atoms with E-state index in [4.69, 9.17) is 13.8 Å². The first-order valence-corrected chi connectivity index (χ1v) is 18.2. The standard InChI is InChI=1S/C47H28N2O2S/c1-2-11-29(12-3-1)33-15-8-13-30-23-24-31(27-38(30)33)49(40-19-9-16-35-34-14-4-7-22-44(34)52-46(35)40)32-25-26-36-43(28-32)50-42-21-10-17-37(45(36)42)47-48-39-18-5-6-20-41(39)51-47/h1-28H. The maximum absolute atomic E-state index is 6.64. The zero-order chi connectivity index (χ0) is 34.2. The van der Waals surface area contributed by atoms with Gasteiger partial charge in [0.2, 0.25) is 5.89 Å². The van der Waals surface area contributed by atoms with E-state index >= 15 is 0 Å². The number of fused-ring (bicyclic) bond motifs is 8. The fourth-order valence-corrected chi connectivity index (χ4v) is 8.93. The number of rotatable bonds is 5. The lowest BCUT2D eigenvalue weighted by atomic mass is 9.97. The molecule has 0 saturated carbocycles. The van der Waals surface area contributed by atoms with E-state index in [0.29, 0.717) is 5.89 Å². The second-order valence-corrected chi connectivity index (χ2v) is 14.2. The Morgan fingerprint density at radius 3 is 2.17 bits per heavy atom. The molecule has 0 saturated heterocycles. The van der Waals surface area contributed by atoms with Crippen LogP contribution in [0.1, 0.15) is 0 Å². The van der Waals surface area contributed by atoms with Gasteiger partial charge in [-0.2, -0.15) is 0 Å². The van der Waals surface area contributed by atoms with Gasteiger partial charge < -0.3 is 13.7 Å². The molecule has 52 heavy (non-hydrogen) atoms. The van der Waals surface area contributed by atoms with Crippen molar-refractivity contribution in [1.82, 2.24) is 4.98 Å². The Kier molecular flexibility index (Phi) is 6.39. The monoisotopic (exact) mass is 684 g/mol. The molecule has 0 N–H and O–H groups in total. The number of para-hydroxylation sites is 2. The highest BCUT2D eigenvalue weighted by atomic mass is 32.1. The van der Waals surface area contributed by atoms with E-state index in [1.807, 2.05) is 47.7 Å². The number of benzene rings is 8. The third-order valence-electron chi connectivity index (χ3n) is 10.1. The van der Waals surface area contributed by atoms with Gasteiger partial charge in [-0.3, -0.25) is 0 Å². The van der Waals surface area contributed by atoms with E-state index in [1.165, 1.54) is 42.1 Å². The molecule has 0 atom stereocenters. The molecule has 0 bridgehead atoms. The van der Waals surface area contributed by atoms with Crippen LogP contribution in [-0.2, 0) is 0 Å². The van der Waals surface area contributed by atoms with Crippen LogP contribution < -0.4 is 4.90 Å². The molecular formula is C47H28N2O2S. The van der Waals surface area contributed by atoms with Gasteiger partial charge in [0.15, 0.2) is 5.58 Å². The molecule has 5 heteroatoms. The fraction of sp³-hybridized carbons (Fsp3) is 0. The fourth-order valence-electron chi connectivity index (χ4n) is 7.72. The van der Waals surface area contributed by atoms with Crippen LogP contribution in [0.5, 0.6) is 0 Å². The van der Waals surface area contributed by atoms with Crippen LogP contribution in [0.4, 0.5) is 17.1 Å². The Hall–Kier alpha value is -6.69. The van der Waals surface area contributed by atoms with Gasteiger partial charge in [-0.1, -0.05) is 103 Å². The first-order valence-electron chi connectivity index (χ1n) is 17.4.